The largest absolute Gasteiger partial charge is 0.313 e. The first-order valence-electron chi connectivity index (χ1n) is 7.73. The zero-order chi connectivity index (χ0) is 14.5. The van der Waals surface area contributed by atoms with E-state index >= 15 is 0 Å². The summed E-state index contributed by atoms with van der Waals surface area (Å²) in [5.74, 6) is 1.69. The number of rotatable bonds is 5. The van der Waals surface area contributed by atoms with Gasteiger partial charge < -0.3 is 10.2 Å². The Kier molecular flexibility index (Phi) is 6.06. The maximum absolute atomic E-state index is 3.56. The summed E-state index contributed by atoms with van der Waals surface area (Å²) in [7, 11) is 2.06. The molecule has 2 nitrogen and oxygen atoms in total. The van der Waals surface area contributed by atoms with Gasteiger partial charge in [-0.15, -0.1) is 0 Å². The third-order valence-electron chi connectivity index (χ3n) is 4.28. The summed E-state index contributed by atoms with van der Waals surface area (Å²) in [6.45, 7) is 8.48. The molecule has 1 fully saturated rings. The lowest BCUT2D eigenvalue weighted by Crippen LogP contribution is -2.40. The van der Waals surface area contributed by atoms with Crippen molar-refractivity contribution in [3.63, 3.8) is 0 Å². The van der Waals surface area contributed by atoms with Crippen LogP contribution in [0.1, 0.15) is 38.3 Å². The van der Waals surface area contributed by atoms with Crippen molar-refractivity contribution in [3.8, 4) is 0 Å². The number of nitrogens with zero attached hydrogens (tertiary/aromatic N) is 1. The van der Waals surface area contributed by atoms with Crippen molar-refractivity contribution < 1.29 is 0 Å². The molecule has 1 heterocycles. The van der Waals surface area contributed by atoms with Crippen LogP contribution in [0.15, 0.2) is 28.7 Å². The smallest absolute Gasteiger partial charge is 0.0330 e. The lowest BCUT2D eigenvalue weighted by Gasteiger charge is -2.35. The average molecular weight is 339 g/mol. The van der Waals surface area contributed by atoms with Crippen LogP contribution in [-0.4, -0.2) is 31.6 Å². The van der Waals surface area contributed by atoms with E-state index in [-0.39, 0.29) is 0 Å². The van der Waals surface area contributed by atoms with Gasteiger partial charge in [0.15, 0.2) is 0 Å². The third kappa shape index (κ3) is 4.57. The first-order valence-corrected chi connectivity index (χ1v) is 8.53. The molecular formula is C17H27BrN2. The second kappa shape index (κ2) is 7.58. The van der Waals surface area contributed by atoms with Gasteiger partial charge in [-0.25, -0.2) is 0 Å². The quantitative estimate of drug-likeness (QED) is 0.870. The Balaban J connectivity index is 1.90. The number of likely N-dealkylation sites (tertiary alicyclic amines) is 1. The molecule has 3 atom stereocenters. The molecule has 1 aliphatic rings. The molecule has 20 heavy (non-hydrogen) atoms. The monoisotopic (exact) mass is 338 g/mol. The molecule has 3 unspecified atom stereocenters. The van der Waals surface area contributed by atoms with Crippen LogP contribution in [0.4, 0.5) is 0 Å². The molecule has 112 valence electrons. The van der Waals surface area contributed by atoms with Crippen molar-refractivity contribution in [1.29, 1.82) is 0 Å². The summed E-state index contributed by atoms with van der Waals surface area (Å²) in [5.41, 5.74) is 1.37. The number of nitrogens with one attached hydrogen (secondary N) is 1. The van der Waals surface area contributed by atoms with Crippen molar-refractivity contribution in [2.75, 3.05) is 26.7 Å². The molecule has 1 aromatic carbocycles. The number of benzene rings is 1. The average Bonchev–Trinajstić information content (AvgIpc) is 2.38. The molecule has 2 rings (SSSR count). The number of piperidine rings is 1. The molecule has 0 spiro atoms. The molecule has 0 radical (unpaired) electrons. The van der Waals surface area contributed by atoms with Crippen LogP contribution in [0, 0.1) is 11.8 Å². The van der Waals surface area contributed by atoms with E-state index in [0.717, 1.165) is 16.3 Å². The molecular weight excluding hydrogens is 312 g/mol. The van der Waals surface area contributed by atoms with Gasteiger partial charge in [0.25, 0.3) is 0 Å². The molecule has 1 N–H and O–H groups in total. The van der Waals surface area contributed by atoms with Gasteiger partial charge in [-0.3, -0.25) is 0 Å². The molecule has 0 aliphatic carbocycles. The van der Waals surface area contributed by atoms with Gasteiger partial charge in [0.1, 0.15) is 0 Å². The van der Waals surface area contributed by atoms with E-state index in [4.69, 9.17) is 0 Å². The maximum Gasteiger partial charge on any atom is 0.0330 e. The fourth-order valence-electron chi connectivity index (χ4n) is 3.49. The summed E-state index contributed by atoms with van der Waals surface area (Å²) in [4.78, 5) is 2.64. The molecule has 1 saturated heterocycles. The maximum atomic E-state index is 3.56. The van der Waals surface area contributed by atoms with Crippen molar-refractivity contribution in [2.45, 2.75) is 32.7 Å². The van der Waals surface area contributed by atoms with Gasteiger partial charge in [0, 0.05) is 23.6 Å². The Morgan fingerprint density at radius 1 is 1.30 bits per heavy atom. The third-order valence-corrected chi connectivity index (χ3v) is 4.77. The fourth-order valence-corrected chi connectivity index (χ4v) is 3.90. The van der Waals surface area contributed by atoms with Gasteiger partial charge >= 0.3 is 0 Å². The van der Waals surface area contributed by atoms with E-state index in [1.165, 1.54) is 38.0 Å². The van der Waals surface area contributed by atoms with Crippen molar-refractivity contribution in [2.24, 2.45) is 11.8 Å². The standard InChI is InChI=1S/C17H27BrN2/c1-13-9-14(2)12-20(11-13)8-7-17(19-3)15-5-4-6-16(18)10-15/h4-6,10,13-14,17,19H,7-9,11-12H2,1-3H3. The number of hydrogen-bond acceptors (Lipinski definition) is 2. The van der Waals surface area contributed by atoms with E-state index in [1.54, 1.807) is 0 Å². The second-order valence-electron chi connectivity index (χ2n) is 6.39. The molecule has 0 aromatic heterocycles. The Hall–Kier alpha value is -0.380. The van der Waals surface area contributed by atoms with Crippen LogP contribution >= 0.6 is 15.9 Å². The van der Waals surface area contributed by atoms with Crippen molar-refractivity contribution >= 4 is 15.9 Å². The number of hydrogen-bond donors (Lipinski definition) is 1. The highest BCUT2D eigenvalue weighted by Gasteiger charge is 2.22. The molecule has 0 bridgehead atoms. The molecule has 1 aromatic rings. The Morgan fingerprint density at radius 3 is 2.60 bits per heavy atom. The summed E-state index contributed by atoms with van der Waals surface area (Å²) < 4.78 is 1.16. The van der Waals surface area contributed by atoms with Crippen LogP contribution in [0.3, 0.4) is 0 Å². The lowest BCUT2D eigenvalue weighted by molar-refractivity contribution is 0.136. The molecule has 0 amide bonds. The van der Waals surface area contributed by atoms with Gasteiger partial charge in [-0.2, -0.15) is 0 Å². The topological polar surface area (TPSA) is 15.3 Å². The van der Waals surface area contributed by atoms with E-state index in [1.807, 2.05) is 0 Å². The van der Waals surface area contributed by atoms with Gasteiger partial charge in [-0.05, 0) is 56.0 Å². The minimum atomic E-state index is 0.444. The predicted molar refractivity (Wildman–Crippen MR) is 89.9 cm³/mol. The summed E-state index contributed by atoms with van der Waals surface area (Å²) in [5, 5.41) is 3.46. The molecule has 3 heteroatoms. The number of halogens is 1. The zero-order valence-electron chi connectivity index (χ0n) is 12.9. The highest BCUT2D eigenvalue weighted by Crippen LogP contribution is 2.24. The Bertz CT molecular complexity index is 411. The highest BCUT2D eigenvalue weighted by atomic mass is 79.9. The first kappa shape index (κ1) is 16.0. The minimum Gasteiger partial charge on any atom is -0.313 e. The van der Waals surface area contributed by atoms with Crippen LogP contribution in [-0.2, 0) is 0 Å². The van der Waals surface area contributed by atoms with E-state index in [9.17, 15) is 0 Å². The van der Waals surface area contributed by atoms with Crippen molar-refractivity contribution in [3.05, 3.63) is 34.3 Å². The normalized spacial score (nSPS) is 25.6. The zero-order valence-corrected chi connectivity index (χ0v) is 14.5. The first-order chi connectivity index (χ1) is 9.58. The van der Waals surface area contributed by atoms with E-state index < -0.39 is 0 Å². The molecule has 1 aliphatic heterocycles. The summed E-state index contributed by atoms with van der Waals surface area (Å²) in [6.07, 6.45) is 2.56. The SMILES string of the molecule is CNC(CCN1CC(C)CC(C)C1)c1cccc(Br)c1. The lowest BCUT2D eigenvalue weighted by atomic mass is 9.91. The highest BCUT2D eigenvalue weighted by molar-refractivity contribution is 9.10. The summed E-state index contributed by atoms with van der Waals surface area (Å²) in [6, 6.07) is 9.09. The fraction of sp³-hybridized carbons (Fsp3) is 0.647. The second-order valence-corrected chi connectivity index (χ2v) is 7.31. The summed E-state index contributed by atoms with van der Waals surface area (Å²) >= 11 is 3.56. The van der Waals surface area contributed by atoms with Gasteiger partial charge in [0.2, 0.25) is 0 Å². The van der Waals surface area contributed by atoms with Gasteiger partial charge in [-0.1, -0.05) is 41.9 Å². The van der Waals surface area contributed by atoms with Crippen LogP contribution in [0.25, 0.3) is 0 Å². The van der Waals surface area contributed by atoms with E-state index in [0.29, 0.717) is 6.04 Å². The predicted octanol–water partition coefficient (Wildman–Crippen LogP) is 4.08. The molecule has 0 saturated carbocycles. The Morgan fingerprint density at radius 2 is 2.00 bits per heavy atom. The Labute approximate surface area is 132 Å². The van der Waals surface area contributed by atoms with E-state index in [2.05, 4.69) is 71.3 Å². The van der Waals surface area contributed by atoms with Gasteiger partial charge in [0.05, 0.1) is 0 Å². The minimum absolute atomic E-state index is 0.444. The van der Waals surface area contributed by atoms with Crippen molar-refractivity contribution in [1.82, 2.24) is 10.2 Å². The van der Waals surface area contributed by atoms with Crippen LogP contribution < -0.4 is 5.32 Å². The van der Waals surface area contributed by atoms with Crippen LogP contribution in [0.2, 0.25) is 0 Å². The van der Waals surface area contributed by atoms with Crippen LogP contribution in [0.5, 0.6) is 0 Å².